The summed E-state index contributed by atoms with van der Waals surface area (Å²) in [6, 6.07) is 2.05. The molecule has 1 saturated carbocycles. The lowest BCUT2D eigenvalue weighted by atomic mass is 9.77. The Labute approximate surface area is 110 Å². The maximum atomic E-state index is 10.6. The molecule has 1 aromatic heterocycles. The van der Waals surface area contributed by atoms with Crippen molar-refractivity contribution in [2.75, 3.05) is 0 Å². The van der Waals surface area contributed by atoms with Gasteiger partial charge in [-0.3, -0.25) is 4.68 Å². The first-order chi connectivity index (χ1) is 8.65. The number of aromatic nitrogens is 2. The second kappa shape index (κ2) is 5.87. The van der Waals surface area contributed by atoms with E-state index < -0.39 is 0 Å². The molecule has 1 aromatic rings. The Balaban J connectivity index is 2.12. The van der Waals surface area contributed by atoms with E-state index in [1.165, 1.54) is 25.7 Å². The number of aliphatic hydroxyl groups excluding tert-OH is 1. The van der Waals surface area contributed by atoms with E-state index >= 15 is 0 Å². The zero-order valence-electron chi connectivity index (χ0n) is 11.9. The monoisotopic (exact) mass is 250 g/mol. The number of aryl methyl sites for hydroxylation is 2. The molecule has 1 fully saturated rings. The van der Waals surface area contributed by atoms with E-state index in [4.69, 9.17) is 0 Å². The highest BCUT2D eigenvalue weighted by Crippen LogP contribution is 2.38. The van der Waals surface area contributed by atoms with Crippen LogP contribution < -0.4 is 0 Å². The quantitative estimate of drug-likeness (QED) is 0.888. The Morgan fingerprint density at radius 2 is 2.22 bits per heavy atom. The Bertz CT molecular complexity index is 386. The highest BCUT2D eigenvalue weighted by atomic mass is 16.3. The molecule has 0 bridgehead atoms. The van der Waals surface area contributed by atoms with E-state index in [0.29, 0.717) is 5.92 Å². The van der Waals surface area contributed by atoms with Crippen LogP contribution in [0, 0.1) is 18.8 Å². The first-order valence-corrected chi connectivity index (χ1v) is 7.38. The fraction of sp³-hybridized carbons (Fsp3) is 0.800. The minimum absolute atomic E-state index is 0.333. The molecule has 1 N–H and O–H groups in total. The molecule has 1 heterocycles. The lowest BCUT2D eigenvalue weighted by Crippen LogP contribution is -2.23. The van der Waals surface area contributed by atoms with Gasteiger partial charge in [-0.25, -0.2) is 0 Å². The second-order valence-corrected chi connectivity index (χ2v) is 5.67. The summed E-state index contributed by atoms with van der Waals surface area (Å²) in [6.07, 6.45) is 5.85. The van der Waals surface area contributed by atoms with Gasteiger partial charge in [-0.15, -0.1) is 0 Å². The summed E-state index contributed by atoms with van der Waals surface area (Å²) in [5.74, 6) is 1.22. The molecule has 0 saturated heterocycles. The molecule has 1 aliphatic carbocycles. The number of rotatable bonds is 4. The van der Waals surface area contributed by atoms with Gasteiger partial charge in [-0.2, -0.15) is 5.10 Å². The molecule has 2 rings (SSSR count). The maximum Gasteiger partial charge on any atom is 0.0984 e. The summed E-state index contributed by atoms with van der Waals surface area (Å²) in [6.45, 7) is 7.18. The van der Waals surface area contributed by atoms with E-state index in [2.05, 4.69) is 18.9 Å². The van der Waals surface area contributed by atoms with Crippen LogP contribution >= 0.6 is 0 Å². The summed E-state index contributed by atoms with van der Waals surface area (Å²) in [7, 11) is 0. The average molecular weight is 250 g/mol. The number of nitrogens with zero attached hydrogens (tertiary/aromatic N) is 2. The van der Waals surface area contributed by atoms with Crippen LogP contribution in [0.4, 0.5) is 0 Å². The molecule has 3 nitrogen and oxygen atoms in total. The lowest BCUT2D eigenvalue weighted by Gasteiger charge is -2.31. The van der Waals surface area contributed by atoms with Crippen molar-refractivity contribution < 1.29 is 5.11 Å². The van der Waals surface area contributed by atoms with E-state index in [9.17, 15) is 5.11 Å². The van der Waals surface area contributed by atoms with Crippen molar-refractivity contribution in [2.45, 2.75) is 65.5 Å². The molecule has 0 aromatic carbocycles. The normalized spacial score (nSPS) is 26.2. The third kappa shape index (κ3) is 2.77. The molecule has 0 aliphatic heterocycles. The van der Waals surface area contributed by atoms with Crippen LogP contribution in [0.1, 0.15) is 63.4 Å². The first-order valence-electron chi connectivity index (χ1n) is 7.38. The van der Waals surface area contributed by atoms with Gasteiger partial charge in [0.1, 0.15) is 0 Å². The second-order valence-electron chi connectivity index (χ2n) is 5.67. The molecular formula is C15H26N2O. The van der Waals surface area contributed by atoms with Crippen molar-refractivity contribution in [3.8, 4) is 0 Å². The highest BCUT2D eigenvalue weighted by molar-refractivity contribution is 5.13. The molecule has 3 atom stereocenters. The molecule has 18 heavy (non-hydrogen) atoms. The van der Waals surface area contributed by atoms with Gasteiger partial charge in [-0.05, 0) is 44.6 Å². The SMILES string of the molecule is CCC1CCCC(C(O)c2cc(C)nn2CC)C1. The van der Waals surface area contributed by atoms with Gasteiger partial charge in [0.05, 0.1) is 17.5 Å². The third-order valence-corrected chi connectivity index (χ3v) is 4.38. The Hall–Kier alpha value is -0.830. The largest absolute Gasteiger partial charge is 0.387 e. The van der Waals surface area contributed by atoms with Crippen molar-refractivity contribution in [1.82, 2.24) is 9.78 Å². The van der Waals surface area contributed by atoms with Crippen LogP contribution in [-0.4, -0.2) is 14.9 Å². The molecular weight excluding hydrogens is 224 g/mol. The topological polar surface area (TPSA) is 38.1 Å². The minimum Gasteiger partial charge on any atom is -0.387 e. The molecule has 3 heteroatoms. The average Bonchev–Trinajstić information content (AvgIpc) is 2.79. The van der Waals surface area contributed by atoms with Crippen molar-refractivity contribution >= 4 is 0 Å². The number of hydrogen-bond donors (Lipinski definition) is 1. The highest BCUT2D eigenvalue weighted by Gasteiger charge is 2.29. The van der Waals surface area contributed by atoms with Crippen molar-refractivity contribution in [1.29, 1.82) is 0 Å². The van der Waals surface area contributed by atoms with Crippen LogP contribution in [0.15, 0.2) is 6.07 Å². The smallest absolute Gasteiger partial charge is 0.0984 e. The Kier molecular flexibility index (Phi) is 4.44. The molecule has 0 spiro atoms. The van der Waals surface area contributed by atoms with Crippen molar-refractivity contribution in [3.05, 3.63) is 17.5 Å². The van der Waals surface area contributed by atoms with Crippen molar-refractivity contribution in [3.63, 3.8) is 0 Å². The van der Waals surface area contributed by atoms with Gasteiger partial charge < -0.3 is 5.11 Å². The van der Waals surface area contributed by atoms with Gasteiger partial charge >= 0.3 is 0 Å². The molecule has 0 radical (unpaired) electrons. The van der Waals surface area contributed by atoms with Gasteiger partial charge in [-0.1, -0.05) is 26.2 Å². The molecule has 1 aliphatic rings. The van der Waals surface area contributed by atoms with E-state index in [1.807, 2.05) is 17.7 Å². The maximum absolute atomic E-state index is 10.6. The number of hydrogen-bond acceptors (Lipinski definition) is 2. The Morgan fingerprint density at radius 1 is 1.44 bits per heavy atom. The Morgan fingerprint density at radius 3 is 2.89 bits per heavy atom. The van der Waals surface area contributed by atoms with Gasteiger partial charge in [0.2, 0.25) is 0 Å². The summed E-state index contributed by atoms with van der Waals surface area (Å²) in [5.41, 5.74) is 2.02. The van der Waals surface area contributed by atoms with Gasteiger partial charge in [0.15, 0.2) is 0 Å². The zero-order chi connectivity index (χ0) is 13.1. The minimum atomic E-state index is -0.333. The lowest BCUT2D eigenvalue weighted by molar-refractivity contribution is 0.0608. The first kappa shape index (κ1) is 13.6. The molecule has 3 unspecified atom stereocenters. The van der Waals surface area contributed by atoms with Crippen LogP contribution in [0.5, 0.6) is 0 Å². The van der Waals surface area contributed by atoms with E-state index in [-0.39, 0.29) is 6.10 Å². The predicted octanol–water partition coefficient (Wildman–Crippen LogP) is 3.46. The summed E-state index contributed by atoms with van der Waals surface area (Å²) < 4.78 is 1.95. The molecule has 102 valence electrons. The standard InChI is InChI=1S/C15H26N2O/c1-4-12-7-6-8-13(10-12)15(18)14-9-11(3)16-17(14)5-2/h9,12-13,15,18H,4-8,10H2,1-3H3. The van der Waals surface area contributed by atoms with Gasteiger partial charge in [0, 0.05) is 6.54 Å². The summed E-state index contributed by atoms with van der Waals surface area (Å²) in [5, 5.41) is 15.1. The fourth-order valence-electron chi connectivity index (χ4n) is 3.29. The van der Waals surface area contributed by atoms with Gasteiger partial charge in [0.25, 0.3) is 0 Å². The van der Waals surface area contributed by atoms with Crippen LogP contribution in [0.3, 0.4) is 0 Å². The van der Waals surface area contributed by atoms with Crippen molar-refractivity contribution in [2.24, 2.45) is 11.8 Å². The van der Waals surface area contributed by atoms with E-state index in [1.54, 1.807) is 0 Å². The predicted molar refractivity (Wildman–Crippen MR) is 73.3 cm³/mol. The third-order valence-electron chi connectivity index (χ3n) is 4.38. The summed E-state index contributed by atoms with van der Waals surface area (Å²) >= 11 is 0. The van der Waals surface area contributed by atoms with Crippen LogP contribution in [0.25, 0.3) is 0 Å². The van der Waals surface area contributed by atoms with Crippen LogP contribution in [0.2, 0.25) is 0 Å². The van der Waals surface area contributed by atoms with Crippen LogP contribution in [-0.2, 0) is 6.54 Å². The fourth-order valence-corrected chi connectivity index (χ4v) is 3.29. The summed E-state index contributed by atoms with van der Waals surface area (Å²) in [4.78, 5) is 0. The van der Waals surface area contributed by atoms with E-state index in [0.717, 1.165) is 30.3 Å². The molecule has 0 amide bonds. The zero-order valence-corrected chi connectivity index (χ0v) is 11.9. The number of aliphatic hydroxyl groups is 1.